The predicted molar refractivity (Wildman–Crippen MR) is 309 cm³/mol. The molecule has 0 aromatic heterocycles. The number of halogens is 2. The highest BCUT2D eigenvalue weighted by Gasteiger charge is 2.23. The number of rotatable bonds is 46. The van der Waals surface area contributed by atoms with Crippen LogP contribution in [0.1, 0.15) is 265 Å². The smallest absolute Gasteiger partial charge is 0.160 e. The summed E-state index contributed by atoms with van der Waals surface area (Å²) in [7, 11) is 0. The van der Waals surface area contributed by atoms with E-state index in [0.717, 1.165) is 135 Å². The molecule has 0 heterocycles. The second kappa shape index (κ2) is 41.9. The summed E-state index contributed by atoms with van der Waals surface area (Å²) in [6.07, 6.45) is 30.6. The minimum absolute atomic E-state index is 0.163. The van der Waals surface area contributed by atoms with Crippen molar-refractivity contribution < 1.29 is 14.2 Å². The molecule has 0 saturated carbocycles. The fraction of sp³-hybridized carbons (Fsp3) is 1.00. The zero-order valence-corrected chi connectivity index (χ0v) is 51.3. The molecular formula is C60H120I2O3. The van der Waals surface area contributed by atoms with Crippen LogP contribution < -0.4 is 0 Å². The lowest BCUT2D eigenvalue weighted by Gasteiger charge is -2.27. The molecule has 0 radical (unpaired) electrons. The van der Waals surface area contributed by atoms with E-state index in [1.807, 2.05) is 0 Å². The van der Waals surface area contributed by atoms with Gasteiger partial charge in [-0.3, -0.25) is 0 Å². The van der Waals surface area contributed by atoms with Crippen LogP contribution in [0, 0.1) is 82.9 Å². The molecule has 0 N–H and O–H groups in total. The highest BCUT2D eigenvalue weighted by atomic mass is 127. The first kappa shape index (κ1) is 66.3. The summed E-state index contributed by atoms with van der Waals surface area (Å²) in [5, 5.41) is 0. The lowest BCUT2D eigenvalue weighted by atomic mass is 9.80. The SMILES string of the molecule is CCCOC(CCCC(C)CC(C)CC(C)CC(C)CC(C)CC(C)CC(C)CCCI)OC(CCCC(C)CC(C)CC(C)CC(C)CC(C)CC(C)CC(C)CCCI)OCCC. The fourth-order valence-electron chi connectivity index (χ4n) is 12.8. The average Bonchev–Trinajstić information content (AvgIpc) is 3.19. The van der Waals surface area contributed by atoms with Gasteiger partial charge in [0, 0.05) is 13.2 Å². The lowest BCUT2D eigenvalue weighted by molar-refractivity contribution is -0.250. The molecule has 65 heavy (non-hydrogen) atoms. The number of hydrogen-bond donors (Lipinski definition) is 0. The van der Waals surface area contributed by atoms with E-state index >= 15 is 0 Å². The first-order valence-corrected chi connectivity index (χ1v) is 31.9. The van der Waals surface area contributed by atoms with E-state index in [2.05, 4.69) is 156 Å². The second-order valence-electron chi connectivity index (χ2n) is 24.6. The molecule has 0 amide bonds. The topological polar surface area (TPSA) is 27.7 Å². The highest BCUT2D eigenvalue weighted by molar-refractivity contribution is 14.1. The van der Waals surface area contributed by atoms with Crippen molar-refractivity contribution in [3.63, 3.8) is 0 Å². The molecule has 0 aliphatic carbocycles. The Morgan fingerprint density at radius 3 is 0.677 bits per heavy atom. The molecule has 0 aliphatic rings. The zero-order chi connectivity index (χ0) is 49.2. The van der Waals surface area contributed by atoms with Gasteiger partial charge in [-0.25, -0.2) is 0 Å². The van der Waals surface area contributed by atoms with Gasteiger partial charge < -0.3 is 14.2 Å². The fourth-order valence-corrected chi connectivity index (χ4v) is 13.7. The van der Waals surface area contributed by atoms with Crippen LogP contribution in [0.3, 0.4) is 0 Å². The van der Waals surface area contributed by atoms with Gasteiger partial charge in [0.25, 0.3) is 0 Å². The number of ether oxygens (including phenoxy) is 3. The van der Waals surface area contributed by atoms with Gasteiger partial charge in [0.2, 0.25) is 0 Å². The largest absolute Gasteiger partial charge is 0.353 e. The highest BCUT2D eigenvalue weighted by Crippen LogP contribution is 2.33. The molecule has 0 aromatic carbocycles. The summed E-state index contributed by atoms with van der Waals surface area (Å²) >= 11 is 5.05. The third-order valence-corrected chi connectivity index (χ3v) is 16.4. The van der Waals surface area contributed by atoms with Crippen molar-refractivity contribution in [3.05, 3.63) is 0 Å². The Labute approximate surface area is 438 Å². The van der Waals surface area contributed by atoms with Gasteiger partial charge in [-0.05, 0) is 233 Å². The van der Waals surface area contributed by atoms with Gasteiger partial charge in [-0.1, -0.05) is 169 Å². The van der Waals surface area contributed by atoms with Crippen LogP contribution in [-0.4, -0.2) is 34.6 Å². The van der Waals surface area contributed by atoms with Gasteiger partial charge in [-0.15, -0.1) is 0 Å². The van der Waals surface area contributed by atoms with E-state index in [9.17, 15) is 0 Å². The second-order valence-corrected chi connectivity index (χ2v) is 26.7. The number of hydrogen-bond acceptors (Lipinski definition) is 3. The van der Waals surface area contributed by atoms with Crippen molar-refractivity contribution in [2.24, 2.45) is 82.9 Å². The normalized spacial score (nSPS) is 19.8. The quantitative estimate of drug-likeness (QED) is 0.0345. The molecule has 5 heteroatoms. The number of alkyl halides is 2. The van der Waals surface area contributed by atoms with Gasteiger partial charge >= 0.3 is 0 Å². The molecule has 0 rings (SSSR count). The van der Waals surface area contributed by atoms with Gasteiger partial charge in [0.15, 0.2) is 12.6 Å². The van der Waals surface area contributed by atoms with Crippen LogP contribution in [0.2, 0.25) is 0 Å². The Balaban J connectivity index is 4.73. The maximum atomic E-state index is 6.67. The Bertz CT molecular complexity index is 948. The van der Waals surface area contributed by atoms with Crippen molar-refractivity contribution >= 4 is 45.2 Å². The van der Waals surface area contributed by atoms with Crippen LogP contribution in [0.25, 0.3) is 0 Å². The molecule has 0 fully saturated rings. The van der Waals surface area contributed by atoms with Gasteiger partial charge in [-0.2, -0.15) is 0 Å². The summed E-state index contributed by atoms with van der Waals surface area (Å²) in [5.74, 6) is 11.5. The monoisotopic (exact) mass is 1140 g/mol. The predicted octanol–water partition coefficient (Wildman–Crippen LogP) is 20.9. The van der Waals surface area contributed by atoms with E-state index in [1.54, 1.807) is 0 Å². The molecule has 0 aromatic rings. The Hall–Kier alpha value is 1.34. The molecular weight excluding hydrogens is 1020 g/mol. The Kier molecular flexibility index (Phi) is 42.8. The molecule has 0 spiro atoms. The van der Waals surface area contributed by atoms with Crippen molar-refractivity contribution in [1.82, 2.24) is 0 Å². The van der Waals surface area contributed by atoms with Crippen molar-refractivity contribution in [2.75, 3.05) is 22.1 Å². The maximum absolute atomic E-state index is 6.67. The van der Waals surface area contributed by atoms with Crippen LogP contribution in [0.4, 0.5) is 0 Å². The summed E-state index contributed by atoms with van der Waals surface area (Å²) < 4.78 is 22.0. The molecule has 16 unspecified atom stereocenters. The lowest BCUT2D eigenvalue weighted by Crippen LogP contribution is -2.28. The summed E-state index contributed by atoms with van der Waals surface area (Å²) in [6, 6.07) is 0. The summed E-state index contributed by atoms with van der Waals surface area (Å²) in [5.41, 5.74) is 0. The molecule has 392 valence electrons. The molecule has 0 aliphatic heterocycles. The van der Waals surface area contributed by atoms with Crippen molar-refractivity contribution in [2.45, 2.75) is 277 Å². The first-order chi connectivity index (χ1) is 30.8. The molecule has 0 saturated heterocycles. The van der Waals surface area contributed by atoms with E-state index < -0.39 is 0 Å². The van der Waals surface area contributed by atoms with E-state index in [0.29, 0.717) is 0 Å². The summed E-state index contributed by atoms with van der Waals surface area (Å²) in [6.45, 7) is 41.0. The van der Waals surface area contributed by atoms with Crippen molar-refractivity contribution in [3.8, 4) is 0 Å². The molecule has 0 bridgehead atoms. The van der Waals surface area contributed by atoms with Crippen molar-refractivity contribution in [1.29, 1.82) is 0 Å². The summed E-state index contributed by atoms with van der Waals surface area (Å²) in [4.78, 5) is 0. The van der Waals surface area contributed by atoms with Crippen LogP contribution in [0.5, 0.6) is 0 Å². The zero-order valence-electron chi connectivity index (χ0n) is 47.0. The Morgan fingerprint density at radius 2 is 0.477 bits per heavy atom. The van der Waals surface area contributed by atoms with Gasteiger partial charge in [0.05, 0.1) is 0 Å². The van der Waals surface area contributed by atoms with Crippen LogP contribution in [0.15, 0.2) is 0 Å². The maximum Gasteiger partial charge on any atom is 0.160 e. The average molecular weight is 1140 g/mol. The standard InChI is InChI=1S/C60H120I2O3/c1-17-31-63-59(27-19-23-45(3)33-49(7)37-53(11)41-57(15)43-55(13)39-51(9)35-47(5)25-21-29-61)65-60(64-32-18-2)28-20-24-46(4)34-50(8)38-54(12)42-58(16)44-56(14)40-52(10)36-48(6)26-22-30-62/h45-60H,17-44H2,1-16H3. The van der Waals surface area contributed by atoms with E-state index in [4.69, 9.17) is 14.2 Å². The molecule has 3 nitrogen and oxygen atoms in total. The van der Waals surface area contributed by atoms with E-state index in [-0.39, 0.29) is 12.6 Å². The van der Waals surface area contributed by atoms with E-state index in [1.165, 1.54) is 124 Å². The first-order valence-electron chi connectivity index (χ1n) is 28.8. The van der Waals surface area contributed by atoms with Gasteiger partial charge in [0.1, 0.15) is 0 Å². The molecule has 16 atom stereocenters. The minimum atomic E-state index is -0.163. The third kappa shape index (κ3) is 39.6. The van der Waals surface area contributed by atoms with Crippen LogP contribution >= 0.6 is 45.2 Å². The Morgan fingerprint density at radius 1 is 0.277 bits per heavy atom. The van der Waals surface area contributed by atoms with Crippen LogP contribution in [-0.2, 0) is 14.2 Å². The third-order valence-electron chi connectivity index (χ3n) is 14.9. The minimum Gasteiger partial charge on any atom is -0.353 e.